The van der Waals surface area contributed by atoms with Crippen molar-refractivity contribution in [2.75, 3.05) is 0 Å². The predicted octanol–water partition coefficient (Wildman–Crippen LogP) is 4.42. The Morgan fingerprint density at radius 2 is 1.22 bits per heavy atom. The van der Waals surface area contributed by atoms with E-state index in [4.69, 9.17) is 33.2 Å². The van der Waals surface area contributed by atoms with E-state index in [0.29, 0.717) is 0 Å². The van der Waals surface area contributed by atoms with E-state index in [1.807, 2.05) is 0 Å². The quantitative estimate of drug-likeness (QED) is 0.210. The van der Waals surface area contributed by atoms with Gasteiger partial charge >= 0.3 is 41.8 Å². The van der Waals surface area contributed by atoms with Crippen LogP contribution in [0.4, 0.5) is 0 Å². The van der Waals surface area contributed by atoms with Crippen LogP contribution in [0.3, 0.4) is 0 Å². The number of fused-ring (bicyclic) bond motifs is 1. The lowest BCUT2D eigenvalue weighted by Gasteiger charge is -2.46. The third kappa shape index (κ3) is 10.6. The molecule has 10 atom stereocenters. The molecule has 10 unspecified atom stereocenters. The maximum atomic E-state index is 13.9. The van der Waals surface area contributed by atoms with E-state index in [1.165, 1.54) is 43.6 Å². The van der Waals surface area contributed by atoms with Crippen LogP contribution in [0.15, 0.2) is 79.2 Å². The molecule has 0 saturated heterocycles. The third-order valence-electron chi connectivity index (χ3n) is 10.3. The summed E-state index contributed by atoms with van der Waals surface area (Å²) in [6.45, 7) is 15.8. The van der Waals surface area contributed by atoms with E-state index in [9.17, 15) is 38.7 Å². The summed E-state index contributed by atoms with van der Waals surface area (Å²) in [6.07, 6.45) is -4.99. The predicted molar refractivity (Wildman–Crippen MR) is 206 cm³/mol. The number of rotatable bonds is 9. The minimum absolute atomic E-state index is 0.0211. The number of hydrogen-bond donors (Lipinski definition) is 1. The number of pyridine rings is 1. The van der Waals surface area contributed by atoms with Gasteiger partial charge in [0.05, 0.1) is 17.0 Å². The van der Waals surface area contributed by atoms with Crippen molar-refractivity contribution in [3.05, 3.63) is 90.3 Å². The normalized spacial score (nSPS) is 30.7. The van der Waals surface area contributed by atoms with E-state index in [-0.39, 0.29) is 16.7 Å². The summed E-state index contributed by atoms with van der Waals surface area (Å²) in [4.78, 5) is 96.6. The molecule has 16 nitrogen and oxygen atoms in total. The molecular formula is C43H51NO15. The molecule has 0 spiro atoms. The molecule has 1 aromatic carbocycles. The van der Waals surface area contributed by atoms with Crippen LogP contribution in [-0.2, 0) is 57.1 Å². The summed E-state index contributed by atoms with van der Waals surface area (Å²) in [7, 11) is 0. The van der Waals surface area contributed by atoms with Crippen molar-refractivity contribution in [2.24, 2.45) is 17.3 Å². The largest absolute Gasteiger partial charge is 0.459 e. The minimum Gasteiger partial charge on any atom is -0.459 e. The Morgan fingerprint density at radius 3 is 1.76 bits per heavy atom. The van der Waals surface area contributed by atoms with Gasteiger partial charge in [-0.15, -0.1) is 0 Å². The van der Waals surface area contributed by atoms with E-state index in [2.05, 4.69) is 11.6 Å². The first-order chi connectivity index (χ1) is 27.5. The van der Waals surface area contributed by atoms with E-state index in [0.717, 1.165) is 34.6 Å². The highest BCUT2D eigenvalue weighted by atomic mass is 16.6. The summed E-state index contributed by atoms with van der Waals surface area (Å²) >= 11 is 0. The van der Waals surface area contributed by atoms with Crippen LogP contribution in [0.1, 0.15) is 89.5 Å². The molecule has 0 bridgehead atoms. The average Bonchev–Trinajstić information content (AvgIpc) is 3.36. The first-order valence-corrected chi connectivity index (χ1v) is 18.9. The van der Waals surface area contributed by atoms with Crippen LogP contribution in [0, 0.1) is 17.3 Å². The molecule has 318 valence electrons. The topological polar surface area (TPSA) is 217 Å². The number of esters is 7. The highest BCUT2D eigenvalue weighted by Crippen LogP contribution is 2.54. The van der Waals surface area contributed by atoms with Gasteiger partial charge in [-0.2, -0.15) is 0 Å². The number of benzene rings is 1. The van der Waals surface area contributed by atoms with Crippen molar-refractivity contribution >= 4 is 41.8 Å². The number of hydrogen-bond acceptors (Lipinski definition) is 16. The number of nitrogens with zero attached hydrogens (tertiary/aromatic N) is 1. The molecule has 2 aliphatic carbocycles. The second-order valence-corrected chi connectivity index (χ2v) is 15.6. The highest BCUT2D eigenvalue weighted by molar-refractivity contribution is 5.90. The maximum Gasteiger partial charge on any atom is 0.340 e. The molecule has 59 heavy (non-hydrogen) atoms. The summed E-state index contributed by atoms with van der Waals surface area (Å²) in [6, 6.07) is 10.7. The first-order valence-electron chi connectivity index (χ1n) is 18.9. The zero-order valence-electron chi connectivity index (χ0n) is 34.5. The lowest BCUT2D eigenvalue weighted by molar-refractivity contribution is -0.195. The first kappa shape index (κ1) is 45.8. The number of aromatic nitrogens is 1. The van der Waals surface area contributed by atoms with Crippen molar-refractivity contribution in [1.29, 1.82) is 0 Å². The Balaban J connectivity index is 2.13. The van der Waals surface area contributed by atoms with Crippen LogP contribution in [0.5, 0.6) is 0 Å². The smallest absolute Gasteiger partial charge is 0.340 e. The van der Waals surface area contributed by atoms with Crippen LogP contribution < -0.4 is 0 Å². The van der Waals surface area contributed by atoms with Gasteiger partial charge in [0.2, 0.25) is 0 Å². The van der Waals surface area contributed by atoms with Crippen molar-refractivity contribution in [3.8, 4) is 0 Å². The van der Waals surface area contributed by atoms with Crippen molar-refractivity contribution in [2.45, 2.75) is 117 Å². The van der Waals surface area contributed by atoms with Crippen molar-refractivity contribution < 1.29 is 71.8 Å². The molecule has 1 saturated carbocycles. The fourth-order valence-corrected chi connectivity index (χ4v) is 7.99. The molecule has 16 heteroatoms. The highest BCUT2D eigenvalue weighted by Gasteiger charge is 2.70. The minimum atomic E-state index is -2.42. The Hall–Kier alpha value is -5.90. The number of ether oxygens (including phenoxy) is 7. The Morgan fingerprint density at radius 1 is 0.678 bits per heavy atom. The lowest BCUT2D eigenvalue weighted by Crippen LogP contribution is -2.60. The lowest BCUT2D eigenvalue weighted by atomic mass is 9.71. The van der Waals surface area contributed by atoms with Crippen molar-refractivity contribution in [1.82, 2.24) is 4.98 Å². The molecule has 1 fully saturated rings. The molecule has 2 aromatic rings. The molecule has 1 N–H and O–H groups in total. The Bertz CT molecular complexity index is 1960. The third-order valence-corrected chi connectivity index (χ3v) is 10.3. The molecule has 1 aromatic heterocycles. The monoisotopic (exact) mass is 821 g/mol. The van der Waals surface area contributed by atoms with Crippen LogP contribution in [0.2, 0.25) is 0 Å². The number of carbonyl (C=O) groups excluding carboxylic acids is 7. The summed E-state index contributed by atoms with van der Waals surface area (Å²) in [5.74, 6) is -9.04. The average molecular weight is 822 g/mol. The second kappa shape index (κ2) is 18.4. The molecule has 0 amide bonds. The van der Waals surface area contributed by atoms with Crippen LogP contribution in [-0.4, -0.2) is 99.7 Å². The molecule has 1 heterocycles. The standard InChI is InChI=1S/C43H51NO15/c1-23-18-19-41(8,9)38(58-40(51)31-17-14-20-44-21-31)35(55-27(5)47)34(54-26(4)46)24(2)33(53-25(3)45)32-37(57-39(50)30-15-12-11-13-16-30)42(10,59-29(7)49)22-43(32,52)36(23)56-28(6)48/h11-21,23,32-38,52H,2,22H2,1,3-10H3/b19-18-. The number of carbonyl (C=O) groups is 7. The molecule has 4 rings (SSSR count). The van der Waals surface area contributed by atoms with Gasteiger partial charge in [-0.05, 0) is 31.2 Å². The van der Waals surface area contributed by atoms with E-state index in [1.54, 1.807) is 51.1 Å². The van der Waals surface area contributed by atoms with Gasteiger partial charge in [-0.1, -0.05) is 57.7 Å². The van der Waals surface area contributed by atoms with Gasteiger partial charge in [0.25, 0.3) is 0 Å². The molecule has 0 aliphatic heterocycles. The van der Waals surface area contributed by atoms with E-state index >= 15 is 0 Å². The molecule has 2 aliphatic rings. The summed E-state index contributed by atoms with van der Waals surface area (Å²) in [5.41, 5.74) is -5.96. The van der Waals surface area contributed by atoms with Gasteiger partial charge in [-0.25, -0.2) is 9.59 Å². The zero-order valence-corrected chi connectivity index (χ0v) is 34.5. The van der Waals surface area contributed by atoms with Gasteiger partial charge in [0.1, 0.15) is 23.4 Å². The Labute approximate surface area is 342 Å². The second-order valence-electron chi connectivity index (χ2n) is 15.6. The number of aliphatic hydroxyl groups is 1. The van der Waals surface area contributed by atoms with E-state index < -0.39 is 113 Å². The molecule has 0 radical (unpaired) electrons. The zero-order chi connectivity index (χ0) is 44.0. The summed E-state index contributed by atoms with van der Waals surface area (Å²) in [5, 5.41) is 13.3. The van der Waals surface area contributed by atoms with Gasteiger partial charge < -0.3 is 38.3 Å². The van der Waals surface area contributed by atoms with Crippen molar-refractivity contribution in [3.63, 3.8) is 0 Å². The Kier molecular flexibility index (Phi) is 14.2. The fourth-order valence-electron chi connectivity index (χ4n) is 7.99. The van der Waals surface area contributed by atoms with Crippen LogP contribution >= 0.6 is 0 Å². The summed E-state index contributed by atoms with van der Waals surface area (Å²) < 4.78 is 41.7. The maximum absolute atomic E-state index is 13.9. The van der Waals surface area contributed by atoms with Crippen LogP contribution in [0.25, 0.3) is 0 Å². The van der Waals surface area contributed by atoms with Gasteiger partial charge in [0, 0.05) is 70.3 Å². The fraction of sp³-hybridized carbons (Fsp3) is 0.488. The molecular weight excluding hydrogens is 770 g/mol. The SMILES string of the molecule is C=C1C(OC(C)=O)C(OC(C)=O)C(OC(=O)c2cccnc2)C(C)(C)/C=C\C(C)C(OC(C)=O)C2(O)CC(C)(OC(C)=O)C(OC(=O)c3ccccc3)C2C1OC(C)=O. The van der Waals surface area contributed by atoms with Gasteiger partial charge in [-0.3, -0.25) is 29.0 Å². The van der Waals surface area contributed by atoms with Gasteiger partial charge in [0.15, 0.2) is 24.4 Å².